The third-order valence-corrected chi connectivity index (χ3v) is 7.25. The Morgan fingerprint density at radius 2 is 1.52 bits per heavy atom. The number of urea groups is 1. The zero-order valence-electron chi connectivity index (χ0n) is 27.6. The molecule has 0 aromatic heterocycles. The molecule has 0 saturated carbocycles. The number of phosphoric ester groups is 1. The number of phosphoric acid groups is 1. The smallest absolute Gasteiger partial charge is 0.431 e. The van der Waals surface area contributed by atoms with Crippen LogP contribution in [0.2, 0.25) is 0 Å². The van der Waals surface area contributed by atoms with E-state index in [4.69, 9.17) is 24.0 Å². The summed E-state index contributed by atoms with van der Waals surface area (Å²) >= 11 is 0. The Bertz CT molecular complexity index is 1320. The lowest BCUT2D eigenvalue weighted by atomic mass is 9.92. The van der Waals surface area contributed by atoms with Gasteiger partial charge in [0, 0.05) is 18.8 Å². The SMILES string of the molecule is CC[C@@H](CC(=O)OCOC(=O)OCC(C)OP(=O)(O)O)c1ccc(N(CC(C)C)CC(C)C)c(NC(=O)Nc2ccc(C)cc2)c1. The van der Waals surface area contributed by atoms with Crippen LogP contribution in [0.15, 0.2) is 42.5 Å². The van der Waals surface area contributed by atoms with Gasteiger partial charge in [0.05, 0.1) is 17.8 Å². The predicted molar refractivity (Wildman–Crippen MR) is 176 cm³/mol. The molecule has 4 N–H and O–H groups in total. The number of aryl methyl sites for hydroxylation is 1. The highest BCUT2D eigenvalue weighted by Gasteiger charge is 2.22. The van der Waals surface area contributed by atoms with Crippen molar-refractivity contribution in [2.75, 3.05) is 42.0 Å². The van der Waals surface area contributed by atoms with Crippen LogP contribution in [0, 0.1) is 18.8 Å². The predicted octanol–water partition coefficient (Wildman–Crippen LogP) is 6.79. The maximum atomic E-state index is 13.1. The van der Waals surface area contributed by atoms with Crippen molar-refractivity contribution in [3.8, 4) is 0 Å². The first-order chi connectivity index (χ1) is 21.6. The van der Waals surface area contributed by atoms with E-state index in [1.54, 1.807) is 0 Å². The van der Waals surface area contributed by atoms with Crippen molar-refractivity contribution < 1.29 is 47.5 Å². The summed E-state index contributed by atoms with van der Waals surface area (Å²) in [7, 11) is -4.73. The number of benzene rings is 2. The zero-order chi connectivity index (χ0) is 34.4. The van der Waals surface area contributed by atoms with Gasteiger partial charge in [-0.1, -0.05) is 58.4 Å². The molecule has 2 aromatic carbocycles. The van der Waals surface area contributed by atoms with Crippen LogP contribution in [0.1, 0.15) is 71.4 Å². The fourth-order valence-corrected chi connectivity index (χ4v) is 5.18. The van der Waals surface area contributed by atoms with Gasteiger partial charge in [0.2, 0.25) is 6.79 Å². The number of hydrogen-bond donors (Lipinski definition) is 4. The van der Waals surface area contributed by atoms with Gasteiger partial charge < -0.3 is 39.5 Å². The van der Waals surface area contributed by atoms with E-state index in [1.165, 1.54) is 6.92 Å². The second-order valence-electron chi connectivity index (χ2n) is 12.0. The molecular formula is C32H48N3O10P. The van der Waals surface area contributed by atoms with Crippen molar-refractivity contribution in [2.45, 2.75) is 73.3 Å². The lowest BCUT2D eigenvalue weighted by Crippen LogP contribution is -2.32. The first-order valence-electron chi connectivity index (χ1n) is 15.3. The normalized spacial score (nSPS) is 12.8. The first kappa shape index (κ1) is 38.5. The maximum Gasteiger partial charge on any atom is 0.511 e. The number of hydrogen-bond acceptors (Lipinski definition) is 9. The standard InChI is InChI=1S/C32H48N3O10P/c1-8-25(16-30(36)43-20-44-32(38)42-19-24(7)45-46(39,40)41)26-11-14-29(35(17-21(2)3)18-22(4)5)28(15-26)34-31(37)33-27-12-9-23(6)10-13-27/h9-15,21-22,24-25H,8,16-20H2,1-7H3,(H2,33,34,37)(H2,39,40,41)/t24?,25-/m0/s1. The lowest BCUT2D eigenvalue weighted by molar-refractivity contribution is -0.154. The Morgan fingerprint density at radius 1 is 0.891 bits per heavy atom. The van der Waals surface area contributed by atoms with Gasteiger partial charge in [-0.3, -0.25) is 9.32 Å². The van der Waals surface area contributed by atoms with Crippen molar-refractivity contribution in [3.05, 3.63) is 53.6 Å². The quantitative estimate of drug-likeness (QED) is 0.0796. The van der Waals surface area contributed by atoms with Gasteiger partial charge in [0.25, 0.3) is 0 Å². The highest BCUT2D eigenvalue weighted by Crippen LogP contribution is 2.37. The Kier molecular flexibility index (Phi) is 15.5. The average Bonchev–Trinajstić information content (AvgIpc) is 2.94. The first-order valence-corrected chi connectivity index (χ1v) is 16.8. The Hall–Kier alpha value is -3.64. The van der Waals surface area contributed by atoms with E-state index in [0.29, 0.717) is 29.6 Å². The topological polar surface area (TPSA) is 173 Å². The van der Waals surface area contributed by atoms with Gasteiger partial charge in [-0.25, -0.2) is 14.2 Å². The summed E-state index contributed by atoms with van der Waals surface area (Å²) in [6.45, 7) is 14.2. The molecule has 0 aliphatic rings. The number of esters is 1. The van der Waals surface area contributed by atoms with E-state index in [2.05, 4.69) is 47.8 Å². The van der Waals surface area contributed by atoms with Crippen molar-refractivity contribution in [2.24, 2.45) is 11.8 Å². The second kappa shape index (κ2) is 18.5. The van der Waals surface area contributed by atoms with E-state index in [-0.39, 0.29) is 12.3 Å². The number of anilines is 3. The fourth-order valence-electron chi connectivity index (χ4n) is 4.65. The van der Waals surface area contributed by atoms with Gasteiger partial charge in [0.15, 0.2) is 0 Å². The molecule has 0 bridgehead atoms. The van der Waals surface area contributed by atoms with Crippen LogP contribution in [0.4, 0.5) is 26.7 Å². The molecule has 46 heavy (non-hydrogen) atoms. The largest absolute Gasteiger partial charge is 0.511 e. The Morgan fingerprint density at radius 3 is 2.09 bits per heavy atom. The Balaban J connectivity index is 2.14. The molecule has 0 radical (unpaired) electrons. The summed E-state index contributed by atoms with van der Waals surface area (Å²) in [6, 6.07) is 12.9. The van der Waals surface area contributed by atoms with E-state index in [9.17, 15) is 18.9 Å². The second-order valence-corrected chi connectivity index (χ2v) is 13.2. The molecule has 0 aliphatic carbocycles. The molecule has 2 rings (SSSR count). The summed E-state index contributed by atoms with van der Waals surface area (Å²) < 4.78 is 29.7. The van der Waals surface area contributed by atoms with E-state index in [1.807, 2.05) is 56.3 Å². The van der Waals surface area contributed by atoms with Gasteiger partial charge >= 0.3 is 26.0 Å². The third-order valence-electron chi connectivity index (χ3n) is 6.62. The molecule has 2 aromatic rings. The molecule has 13 nitrogen and oxygen atoms in total. The van der Waals surface area contributed by atoms with Crippen LogP contribution >= 0.6 is 7.82 Å². The zero-order valence-corrected chi connectivity index (χ0v) is 28.5. The fraction of sp³-hybridized carbons (Fsp3) is 0.531. The molecule has 256 valence electrons. The maximum absolute atomic E-state index is 13.1. The van der Waals surface area contributed by atoms with Gasteiger partial charge in [-0.05, 0) is 67.9 Å². The molecular weight excluding hydrogens is 617 g/mol. The molecule has 1 unspecified atom stereocenters. The van der Waals surface area contributed by atoms with Crippen molar-refractivity contribution in [3.63, 3.8) is 0 Å². The van der Waals surface area contributed by atoms with Crippen LogP contribution in [0.25, 0.3) is 0 Å². The van der Waals surface area contributed by atoms with Crippen LogP contribution in [-0.4, -0.2) is 60.5 Å². The van der Waals surface area contributed by atoms with Crippen LogP contribution in [0.3, 0.4) is 0 Å². The van der Waals surface area contributed by atoms with Crippen LogP contribution < -0.4 is 15.5 Å². The number of amides is 2. The highest BCUT2D eigenvalue weighted by molar-refractivity contribution is 7.46. The number of nitrogens with zero attached hydrogens (tertiary/aromatic N) is 1. The molecule has 14 heteroatoms. The minimum Gasteiger partial charge on any atom is -0.431 e. The van der Waals surface area contributed by atoms with Gasteiger partial charge in [-0.15, -0.1) is 0 Å². The van der Waals surface area contributed by atoms with Gasteiger partial charge in [-0.2, -0.15) is 0 Å². The molecule has 0 aliphatic heterocycles. The number of rotatable bonds is 17. The van der Waals surface area contributed by atoms with Crippen molar-refractivity contribution >= 4 is 43.0 Å². The summed E-state index contributed by atoms with van der Waals surface area (Å²) in [5.41, 5.74) is 4.04. The molecule has 0 heterocycles. The van der Waals surface area contributed by atoms with E-state index in [0.717, 1.165) is 29.9 Å². The molecule has 0 saturated heterocycles. The number of carbonyl (C=O) groups is 3. The lowest BCUT2D eigenvalue weighted by Gasteiger charge is -2.31. The molecule has 0 spiro atoms. The van der Waals surface area contributed by atoms with Crippen LogP contribution in [-0.2, 0) is 28.1 Å². The minimum absolute atomic E-state index is 0.0158. The summed E-state index contributed by atoms with van der Waals surface area (Å²) in [4.78, 5) is 57.3. The van der Waals surface area contributed by atoms with Crippen molar-refractivity contribution in [1.29, 1.82) is 0 Å². The average molecular weight is 666 g/mol. The molecule has 2 atom stereocenters. The molecule has 2 amide bonds. The highest BCUT2D eigenvalue weighted by atomic mass is 31.2. The number of ether oxygens (including phenoxy) is 3. The van der Waals surface area contributed by atoms with E-state index < -0.39 is 45.5 Å². The van der Waals surface area contributed by atoms with Crippen molar-refractivity contribution in [1.82, 2.24) is 0 Å². The summed E-state index contributed by atoms with van der Waals surface area (Å²) in [6.07, 6.45) is -1.70. The Labute approximate surface area is 271 Å². The molecule has 0 fully saturated rings. The number of carbonyl (C=O) groups excluding carboxylic acids is 3. The summed E-state index contributed by atoms with van der Waals surface area (Å²) in [5, 5.41) is 5.90. The number of nitrogens with one attached hydrogen (secondary N) is 2. The minimum atomic E-state index is -4.73. The van der Waals surface area contributed by atoms with E-state index >= 15 is 0 Å². The third kappa shape index (κ3) is 14.6. The monoisotopic (exact) mass is 665 g/mol. The van der Waals surface area contributed by atoms with Crippen LogP contribution in [0.5, 0.6) is 0 Å². The summed E-state index contributed by atoms with van der Waals surface area (Å²) in [5.74, 6) is -0.123. The van der Waals surface area contributed by atoms with Gasteiger partial charge in [0.1, 0.15) is 12.7 Å².